The number of likely N-dealkylation sites (tertiary alicyclic amines) is 1. The molecule has 3 amide bonds. The molecule has 2 aromatic rings. The predicted octanol–water partition coefficient (Wildman–Crippen LogP) is 2.32. The number of nitrogens with one attached hydrogen (secondary N) is 2. The second-order valence-electron chi connectivity index (χ2n) is 7.90. The van der Waals surface area contributed by atoms with Crippen LogP contribution in [0.4, 0.5) is 0 Å². The Morgan fingerprint density at radius 2 is 1.53 bits per heavy atom. The van der Waals surface area contributed by atoms with Gasteiger partial charge in [-0.3, -0.25) is 25.2 Å². The second-order valence-corrected chi connectivity index (χ2v) is 7.90. The summed E-state index contributed by atoms with van der Waals surface area (Å²) in [5.41, 5.74) is 4.88. The fourth-order valence-corrected chi connectivity index (χ4v) is 3.51. The molecule has 0 aliphatic carbocycles. The number of para-hydroxylation sites is 1. The largest absolute Gasteiger partial charge is 0.494 e. The molecule has 9 nitrogen and oxygen atoms in total. The summed E-state index contributed by atoms with van der Waals surface area (Å²) < 4.78 is 16.5. The molecule has 1 aliphatic heterocycles. The Kier molecular flexibility index (Phi) is 9.13. The molecule has 0 spiro atoms. The van der Waals surface area contributed by atoms with E-state index in [-0.39, 0.29) is 24.3 Å². The number of hydrogen-bond acceptors (Lipinski definition) is 6. The fourth-order valence-electron chi connectivity index (χ4n) is 3.51. The first-order valence-electron chi connectivity index (χ1n) is 11.4. The topological polar surface area (TPSA) is 106 Å². The lowest BCUT2D eigenvalue weighted by atomic mass is 9.96. The van der Waals surface area contributed by atoms with Gasteiger partial charge in [0.05, 0.1) is 6.61 Å². The highest BCUT2D eigenvalue weighted by Gasteiger charge is 2.28. The summed E-state index contributed by atoms with van der Waals surface area (Å²) >= 11 is 0. The number of nitrogens with zero attached hydrogens (tertiary/aromatic N) is 1. The third-order valence-electron chi connectivity index (χ3n) is 5.45. The summed E-state index contributed by atoms with van der Waals surface area (Å²) in [4.78, 5) is 38.8. The van der Waals surface area contributed by atoms with Crippen LogP contribution in [0.5, 0.6) is 17.2 Å². The number of hydrazine groups is 1. The molecule has 1 saturated heterocycles. The normalized spacial score (nSPS) is 14.6. The zero-order chi connectivity index (χ0) is 24.3. The SMILES string of the molecule is CCOc1ccc(OC(C)C(=O)NNC(=O)C2CCN(C(=O)COc3ccccc3)CC2)cc1. The van der Waals surface area contributed by atoms with Gasteiger partial charge in [0.1, 0.15) is 17.2 Å². The molecule has 0 bridgehead atoms. The van der Waals surface area contributed by atoms with Gasteiger partial charge in [0.15, 0.2) is 12.7 Å². The molecule has 0 aromatic heterocycles. The van der Waals surface area contributed by atoms with Crippen molar-refractivity contribution in [3.8, 4) is 17.2 Å². The van der Waals surface area contributed by atoms with Crippen LogP contribution < -0.4 is 25.1 Å². The van der Waals surface area contributed by atoms with E-state index < -0.39 is 12.0 Å². The van der Waals surface area contributed by atoms with Gasteiger partial charge in [0, 0.05) is 19.0 Å². The molecule has 2 aromatic carbocycles. The Morgan fingerprint density at radius 1 is 0.912 bits per heavy atom. The van der Waals surface area contributed by atoms with Gasteiger partial charge in [-0.1, -0.05) is 18.2 Å². The van der Waals surface area contributed by atoms with Gasteiger partial charge in [-0.2, -0.15) is 0 Å². The molecule has 34 heavy (non-hydrogen) atoms. The van der Waals surface area contributed by atoms with Crippen molar-refractivity contribution in [1.29, 1.82) is 0 Å². The van der Waals surface area contributed by atoms with Crippen LogP contribution in [0.3, 0.4) is 0 Å². The van der Waals surface area contributed by atoms with Crippen molar-refractivity contribution >= 4 is 17.7 Å². The van der Waals surface area contributed by atoms with E-state index in [1.54, 1.807) is 48.2 Å². The van der Waals surface area contributed by atoms with Crippen molar-refractivity contribution in [2.24, 2.45) is 5.92 Å². The lowest BCUT2D eigenvalue weighted by molar-refractivity contribution is -0.138. The van der Waals surface area contributed by atoms with Crippen LogP contribution in [0.15, 0.2) is 54.6 Å². The van der Waals surface area contributed by atoms with Crippen LogP contribution >= 0.6 is 0 Å². The monoisotopic (exact) mass is 469 g/mol. The maximum Gasteiger partial charge on any atom is 0.279 e. The highest BCUT2D eigenvalue weighted by atomic mass is 16.5. The molecule has 1 aliphatic rings. The Balaban J connectivity index is 1.35. The minimum atomic E-state index is -0.803. The Hall–Kier alpha value is -3.75. The Bertz CT molecular complexity index is 943. The molecule has 1 atom stereocenters. The maximum atomic E-state index is 12.5. The van der Waals surface area contributed by atoms with Crippen molar-refractivity contribution in [2.45, 2.75) is 32.8 Å². The van der Waals surface area contributed by atoms with Crippen molar-refractivity contribution in [1.82, 2.24) is 15.8 Å². The van der Waals surface area contributed by atoms with Crippen LogP contribution in [0.25, 0.3) is 0 Å². The van der Waals surface area contributed by atoms with Gasteiger partial charge >= 0.3 is 0 Å². The van der Waals surface area contributed by atoms with Crippen LogP contribution in [0.2, 0.25) is 0 Å². The fraction of sp³-hybridized carbons (Fsp3) is 0.400. The highest BCUT2D eigenvalue weighted by Crippen LogP contribution is 2.19. The van der Waals surface area contributed by atoms with E-state index in [4.69, 9.17) is 14.2 Å². The zero-order valence-corrected chi connectivity index (χ0v) is 19.5. The van der Waals surface area contributed by atoms with E-state index >= 15 is 0 Å². The van der Waals surface area contributed by atoms with Crippen molar-refractivity contribution in [3.05, 3.63) is 54.6 Å². The summed E-state index contributed by atoms with van der Waals surface area (Å²) in [5, 5.41) is 0. The molecule has 1 unspecified atom stereocenters. The number of rotatable bonds is 9. The molecular formula is C25H31N3O6. The summed E-state index contributed by atoms with van der Waals surface area (Å²) in [7, 11) is 0. The highest BCUT2D eigenvalue weighted by molar-refractivity contribution is 5.85. The van der Waals surface area contributed by atoms with E-state index in [2.05, 4.69) is 10.9 Å². The summed E-state index contributed by atoms with van der Waals surface area (Å²) in [6, 6.07) is 16.1. The number of piperidine rings is 1. The quantitative estimate of drug-likeness (QED) is 0.546. The van der Waals surface area contributed by atoms with E-state index in [9.17, 15) is 14.4 Å². The van der Waals surface area contributed by atoms with Gasteiger partial charge in [-0.05, 0) is 63.1 Å². The molecule has 0 radical (unpaired) electrons. The molecule has 2 N–H and O–H groups in total. The predicted molar refractivity (Wildman–Crippen MR) is 125 cm³/mol. The van der Waals surface area contributed by atoms with E-state index in [1.165, 1.54) is 0 Å². The minimum absolute atomic E-state index is 0.0385. The third kappa shape index (κ3) is 7.40. The summed E-state index contributed by atoms with van der Waals surface area (Å²) in [6.07, 6.45) is 0.218. The molecule has 1 heterocycles. The van der Waals surface area contributed by atoms with Gasteiger partial charge in [-0.25, -0.2) is 0 Å². The number of carbonyl (C=O) groups is 3. The van der Waals surface area contributed by atoms with Gasteiger partial charge < -0.3 is 19.1 Å². The average Bonchev–Trinajstić information content (AvgIpc) is 2.87. The number of amides is 3. The first-order chi connectivity index (χ1) is 16.5. The molecule has 182 valence electrons. The van der Waals surface area contributed by atoms with Crippen molar-refractivity contribution in [3.63, 3.8) is 0 Å². The molecule has 0 saturated carbocycles. The Morgan fingerprint density at radius 3 is 2.18 bits per heavy atom. The maximum absolute atomic E-state index is 12.5. The summed E-state index contributed by atoms with van der Waals surface area (Å²) in [6.45, 7) is 4.94. The first kappa shape index (κ1) is 24.9. The lowest BCUT2D eigenvalue weighted by Crippen LogP contribution is -2.51. The first-order valence-corrected chi connectivity index (χ1v) is 11.4. The number of benzene rings is 2. The number of carbonyl (C=O) groups excluding carboxylic acids is 3. The van der Waals surface area contributed by atoms with Crippen LogP contribution in [0.1, 0.15) is 26.7 Å². The van der Waals surface area contributed by atoms with Gasteiger partial charge in [0.2, 0.25) is 5.91 Å². The summed E-state index contributed by atoms with van der Waals surface area (Å²) in [5.74, 6) is 0.725. The zero-order valence-electron chi connectivity index (χ0n) is 19.5. The van der Waals surface area contributed by atoms with Gasteiger partial charge in [0.25, 0.3) is 11.8 Å². The smallest absolute Gasteiger partial charge is 0.279 e. The van der Waals surface area contributed by atoms with Crippen LogP contribution in [-0.2, 0) is 14.4 Å². The van der Waals surface area contributed by atoms with E-state index in [0.29, 0.717) is 44.0 Å². The van der Waals surface area contributed by atoms with Crippen LogP contribution in [0, 0.1) is 5.92 Å². The lowest BCUT2D eigenvalue weighted by Gasteiger charge is -2.31. The average molecular weight is 470 g/mol. The minimum Gasteiger partial charge on any atom is -0.494 e. The molecule has 3 rings (SSSR count). The van der Waals surface area contributed by atoms with Crippen molar-refractivity contribution < 1.29 is 28.6 Å². The number of ether oxygens (including phenoxy) is 3. The van der Waals surface area contributed by atoms with Gasteiger partial charge in [-0.15, -0.1) is 0 Å². The van der Waals surface area contributed by atoms with Crippen molar-refractivity contribution in [2.75, 3.05) is 26.3 Å². The molecule has 1 fully saturated rings. The van der Waals surface area contributed by atoms with Crippen LogP contribution in [-0.4, -0.2) is 55.0 Å². The third-order valence-corrected chi connectivity index (χ3v) is 5.45. The van der Waals surface area contributed by atoms with E-state index in [0.717, 1.165) is 5.75 Å². The van der Waals surface area contributed by atoms with E-state index in [1.807, 2.05) is 25.1 Å². The Labute approximate surface area is 199 Å². The number of hydrogen-bond donors (Lipinski definition) is 2. The second kappa shape index (κ2) is 12.5. The molecular weight excluding hydrogens is 438 g/mol. The molecule has 9 heteroatoms. The standard InChI is InChI=1S/C25H31N3O6/c1-3-32-21-9-11-22(12-10-21)34-18(2)24(30)26-27-25(31)19-13-15-28(16-14-19)23(29)17-33-20-7-5-4-6-8-20/h4-12,18-19H,3,13-17H2,1-2H3,(H,26,30)(H,27,31).